The van der Waals surface area contributed by atoms with Gasteiger partial charge in [-0.15, -0.1) is 0 Å². The smallest absolute Gasteiger partial charge is 0.340 e. The monoisotopic (exact) mass is 282 g/mol. The molecule has 0 atom stereocenters. The number of aromatic nitrogens is 2. The van der Waals surface area contributed by atoms with Crippen molar-refractivity contribution in [3.63, 3.8) is 0 Å². The van der Waals surface area contributed by atoms with Gasteiger partial charge >= 0.3 is 5.97 Å². The van der Waals surface area contributed by atoms with Gasteiger partial charge in [0.15, 0.2) is 0 Å². The summed E-state index contributed by atoms with van der Waals surface area (Å²) < 4.78 is 10.4. The molecule has 21 heavy (non-hydrogen) atoms. The van der Waals surface area contributed by atoms with E-state index >= 15 is 0 Å². The summed E-state index contributed by atoms with van der Waals surface area (Å²) in [5.74, 6) is 0.396. The average molecular weight is 282 g/mol. The highest BCUT2D eigenvalue weighted by Crippen LogP contribution is 2.17. The van der Waals surface area contributed by atoms with Crippen LogP contribution in [0.3, 0.4) is 0 Å². The van der Waals surface area contributed by atoms with Crippen LogP contribution in [0.25, 0.3) is 10.9 Å². The lowest BCUT2D eigenvalue weighted by Gasteiger charge is -2.06. The molecule has 0 aliphatic carbocycles. The first kappa shape index (κ1) is 13.2. The molecule has 0 radical (unpaired) electrons. The number of ether oxygens (including phenoxy) is 2. The van der Waals surface area contributed by atoms with Crippen LogP contribution in [0.2, 0.25) is 0 Å². The molecule has 5 heteroatoms. The molecule has 0 spiro atoms. The third-order valence-electron chi connectivity index (χ3n) is 3.23. The first-order chi connectivity index (χ1) is 10.3. The minimum absolute atomic E-state index is 0.216. The molecule has 2 aromatic carbocycles. The predicted molar refractivity (Wildman–Crippen MR) is 78.2 cm³/mol. The van der Waals surface area contributed by atoms with E-state index in [2.05, 4.69) is 10.2 Å². The van der Waals surface area contributed by atoms with Gasteiger partial charge in [0.1, 0.15) is 12.4 Å². The van der Waals surface area contributed by atoms with Crippen molar-refractivity contribution in [3.05, 3.63) is 59.8 Å². The van der Waals surface area contributed by atoms with E-state index in [1.165, 1.54) is 0 Å². The molecular weight excluding hydrogens is 268 g/mol. The fraction of sp³-hybridized carbons (Fsp3) is 0.125. The van der Waals surface area contributed by atoms with Gasteiger partial charge < -0.3 is 9.47 Å². The molecule has 0 bridgehead atoms. The third-order valence-corrected chi connectivity index (χ3v) is 3.23. The van der Waals surface area contributed by atoms with Crippen LogP contribution in [-0.4, -0.2) is 23.3 Å². The van der Waals surface area contributed by atoms with Crippen molar-refractivity contribution in [2.24, 2.45) is 0 Å². The third kappa shape index (κ3) is 2.72. The molecule has 0 aliphatic heterocycles. The number of fused-ring (bicyclic) bond motifs is 1. The zero-order chi connectivity index (χ0) is 14.7. The lowest BCUT2D eigenvalue weighted by Crippen LogP contribution is -2.06. The van der Waals surface area contributed by atoms with E-state index in [1.54, 1.807) is 19.4 Å². The molecule has 5 nitrogen and oxygen atoms in total. The number of carbonyl (C=O) groups is 1. The number of nitrogens with zero attached hydrogens (tertiary/aromatic N) is 1. The SMILES string of the molecule is COc1ccc(COC(=O)c2cccc3cn[nH]c23)cc1. The molecule has 0 saturated heterocycles. The van der Waals surface area contributed by atoms with Crippen LogP contribution in [0.1, 0.15) is 15.9 Å². The van der Waals surface area contributed by atoms with E-state index in [1.807, 2.05) is 36.4 Å². The van der Waals surface area contributed by atoms with E-state index in [9.17, 15) is 4.79 Å². The topological polar surface area (TPSA) is 64.2 Å². The van der Waals surface area contributed by atoms with Crippen LogP contribution < -0.4 is 4.74 Å². The van der Waals surface area contributed by atoms with Crippen LogP contribution in [0.5, 0.6) is 5.75 Å². The molecule has 1 aromatic heterocycles. The minimum atomic E-state index is -0.374. The normalized spacial score (nSPS) is 10.5. The van der Waals surface area contributed by atoms with Crippen molar-refractivity contribution in [1.29, 1.82) is 0 Å². The largest absolute Gasteiger partial charge is 0.497 e. The first-order valence-electron chi connectivity index (χ1n) is 6.50. The summed E-state index contributed by atoms with van der Waals surface area (Å²) in [5.41, 5.74) is 2.08. The molecule has 0 aliphatic rings. The molecule has 0 unspecified atom stereocenters. The first-order valence-corrected chi connectivity index (χ1v) is 6.50. The Kier molecular flexibility index (Phi) is 3.55. The van der Waals surface area contributed by atoms with Crippen LogP contribution in [0, 0.1) is 0 Å². The maximum Gasteiger partial charge on any atom is 0.340 e. The van der Waals surface area contributed by atoms with Gasteiger partial charge in [-0.1, -0.05) is 24.3 Å². The van der Waals surface area contributed by atoms with E-state index in [0.717, 1.165) is 16.7 Å². The Morgan fingerprint density at radius 3 is 2.76 bits per heavy atom. The van der Waals surface area contributed by atoms with Gasteiger partial charge in [0, 0.05) is 5.39 Å². The quantitative estimate of drug-likeness (QED) is 0.747. The standard InChI is InChI=1S/C16H14N2O3/c1-20-13-7-5-11(6-8-13)10-21-16(19)14-4-2-3-12-9-17-18-15(12)14/h2-9H,10H2,1H3,(H,17,18). The maximum absolute atomic E-state index is 12.2. The Bertz CT molecular complexity index is 763. The van der Waals surface area contributed by atoms with Crippen molar-refractivity contribution in [2.45, 2.75) is 6.61 Å². The second kappa shape index (κ2) is 5.66. The molecule has 0 fully saturated rings. The Morgan fingerprint density at radius 1 is 1.19 bits per heavy atom. The summed E-state index contributed by atoms with van der Waals surface area (Å²) in [4.78, 5) is 12.2. The molecule has 1 heterocycles. The molecule has 1 N–H and O–H groups in total. The number of aromatic amines is 1. The number of benzene rings is 2. The van der Waals surface area contributed by atoms with Gasteiger partial charge in [0.25, 0.3) is 0 Å². The number of nitrogens with one attached hydrogen (secondary N) is 1. The highest BCUT2D eigenvalue weighted by atomic mass is 16.5. The van der Waals surface area contributed by atoms with Gasteiger partial charge in [-0.2, -0.15) is 5.10 Å². The number of hydrogen-bond acceptors (Lipinski definition) is 4. The molecule has 0 amide bonds. The fourth-order valence-corrected chi connectivity index (χ4v) is 2.09. The van der Waals surface area contributed by atoms with E-state index < -0.39 is 0 Å². The lowest BCUT2D eigenvalue weighted by molar-refractivity contribution is 0.0475. The minimum Gasteiger partial charge on any atom is -0.497 e. The summed E-state index contributed by atoms with van der Waals surface area (Å²) in [6.45, 7) is 0.216. The molecule has 3 rings (SSSR count). The predicted octanol–water partition coefficient (Wildman–Crippen LogP) is 2.93. The molecule has 0 saturated carbocycles. The zero-order valence-corrected chi connectivity index (χ0v) is 11.5. The van der Waals surface area contributed by atoms with Gasteiger partial charge in [0.2, 0.25) is 0 Å². The Morgan fingerprint density at radius 2 is 2.00 bits per heavy atom. The van der Waals surface area contributed by atoms with E-state index in [0.29, 0.717) is 11.1 Å². The van der Waals surface area contributed by atoms with Gasteiger partial charge in [-0.25, -0.2) is 4.79 Å². The number of carbonyl (C=O) groups excluding carboxylic acids is 1. The van der Waals surface area contributed by atoms with Gasteiger partial charge in [-0.3, -0.25) is 5.10 Å². The van der Waals surface area contributed by atoms with E-state index in [-0.39, 0.29) is 12.6 Å². The van der Waals surface area contributed by atoms with E-state index in [4.69, 9.17) is 9.47 Å². The number of para-hydroxylation sites is 1. The van der Waals surface area contributed by atoms with Crippen LogP contribution in [-0.2, 0) is 11.3 Å². The number of hydrogen-bond donors (Lipinski definition) is 1. The van der Waals surface area contributed by atoms with Crippen molar-refractivity contribution >= 4 is 16.9 Å². The number of methoxy groups -OCH3 is 1. The highest BCUT2D eigenvalue weighted by Gasteiger charge is 2.12. The van der Waals surface area contributed by atoms with Gasteiger partial charge in [-0.05, 0) is 23.8 Å². The zero-order valence-electron chi connectivity index (χ0n) is 11.5. The van der Waals surface area contributed by atoms with Crippen LogP contribution in [0.15, 0.2) is 48.7 Å². The van der Waals surface area contributed by atoms with Crippen molar-refractivity contribution < 1.29 is 14.3 Å². The van der Waals surface area contributed by atoms with Crippen LogP contribution >= 0.6 is 0 Å². The van der Waals surface area contributed by atoms with Gasteiger partial charge in [0.05, 0.1) is 24.4 Å². The second-order valence-corrected chi connectivity index (χ2v) is 4.56. The molecule has 106 valence electrons. The van der Waals surface area contributed by atoms with Crippen LogP contribution in [0.4, 0.5) is 0 Å². The Hall–Kier alpha value is -2.82. The summed E-state index contributed by atoms with van der Waals surface area (Å²) in [6, 6.07) is 12.8. The summed E-state index contributed by atoms with van der Waals surface area (Å²) in [6.07, 6.45) is 1.68. The number of esters is 1. The highest BCUT2D eigenvalue weighted by molar-refractivity contribution is 6.02. The number of rotatable bonds is 4. The molecule has 3 aromatic rings. The average Bonchev–Trinajstić information content (AvgIpc) is 3.01. The Balaban J connectivity index is 1.72. The van der Waals surface area contributed by atoms with Crippen molar-refractivity contribution in [1.82, 2.24) is 10.2 Å². The maximum atomic E-state index is 12.2. The summed E-state index contributed by atoms with van der Waals surface area (Å²) in [7, 11) is 1.61. The number of H-pyrrole nitrogens is 1. The summed E-state index contributed by atoms with van der Waals surface area (Å²) >= 11 is 0. The fourth-order valence-electron chi connectivity index (χ4n) is 2.09. The Labute approximate surface area is 121 Å². The lowest BCUT2D eigenvalue weighted by atomic mass is 10.1. The summed E-state index contributed by atoms with van der Waals surface area (Å²) in [5, 5.41) is 7.63. The molecular formula is C16H14N2O3. The van der Waals surface area contributed by atoms with Crippen molar-refractivity contribution in [2.75, 3.05) is 7.11 Å². The van der Waals surface area contributed by atoms with Crippen molar-refractivity contribution in [3.8, 4) is 5.75 Å². The second-order valence-electron chi connectivity index (χ2n) is 4.56.